The van der Waals surface area contributed by atoms with Gasteiger partial charge in [0, 0.05) is 5.33 Å². The van der Waals surface area contributed by atoms with Crippen LogP contribution in [0, 0.1) is 0 Å². The second kappa shape index (κ2) is 4.03. The first-order valence-corrected chi connectivity index (χ1v) is 5.65. The summed E-state index contributed by atoms with van der Waals surface area (Å²) in [6, 6.07) is 11.1. The molecule has 2 aromatic rings. The van der Waals surface area contributed by atoms with Gasteiger partial charge in [0.2, 0.25) is 0 Å². The molecule has 0 aromatic heterocycles. The number of hydrogen-bond donors (Lipinski definition) is 1. The van der Waals surface area contributed by atoms with E-state index in [1.165, 1.54) is 0 Å². The number of halogens is 1. The summed E-state index contributed by atoms with van der Waals surface area (Å²) in [5.41, 5.74) is 1.50. The summed E-state index contributed by atoms with van der Waals surface area (Å²) >= 11 is 3.37. The highest BCUT2D eigenvalue weighted by Gasteiger charge is 2.07. The Balaban J connectivity index is 2.72. The van der Waals surface area contributed by atoms with Crippen molar-refractivity contribution in [2.45, 2.75) is 5.33 Å². The van der Waals surface area contributed by atoms with Crippen LogP contribution in [0.3, 0.4) is 0 Å². The van der Waals surface area contributed by atoms with Crippen LogP contribution >= 0.6 is 15.9 Å². The monoisotopic (exact) mass is 264 g/mol. The zero-order valence-corrected chi connectivity index (χ0v) is 9.49. The molecule has 0 fully saturated rings. The topological polar surface area (TPSA) is 37.3 Å². The summed E-state index contributed by atoms with van der Waals surface area (Å²) in [5, 5.41) is 11.5. The van der Waals surface area contributed by atoms with E-state index < -0.39 is 5.97 Å². The molecular formula is C12H9BrO2. The first-order chi connectivity index (χ1) is 7.22. The highest BCUT2D eigenvalue weighted by molar-refractivity contribution is 9.08. The molecule has 2 nitrogen and oxygen atoms in total. The number of aromatic carboxylic acids is 1. The molecule has 0 aliphatic heterocycles. The maximum absolute atomic E-state index is 11.0. The Morgan fingerprint density at radius 1 is 1.27 bits per heavy atom. The minimum absolute atomic E-state index is 0.355. The van der Waals surface area contributed by atoms with Crippen LogP contribution in [0.15, 0.2) is 36.4 Å². The fraction of sp³-hybridized carbons (Fsp3) is 0.0833. The Bertz CT molecular complexity index is 520. The molecule has 0 bridgehead atoms. The predicted octanol–water partition coefficient (Wildman–Crippen LogP) is 3.43. The Morgan fingerprint density at radius 3 is 2.73 bits per heavy atom. The largest absolute Gasteiger partial charge is 0.478 e. The third-order valence-electron chi connectivity index (χ3n) is 2.33. The fourth-order valence-electron chi connectivity index (χ4n) is 1.60. The predicted molar refractivity (Wildman–Crippen MR) is 63.5 cm³/mol. The van der Waals surface area contributed by atoms with Gasteiger partial charge in [-0.25, -0.2) is 4.79 Å². The van der Waals surface area contributed by atoms with E-state index >= 15 is 0 Å². The summed E-state index contributed by atoms with van der Waals surface area (Å²) in [4.78, 5) is 11.0. The molecule has 2 rings (SSSR count). The summed E-state index contributed by atoms with van der Waals surface area (Å²) in [6.45, 7) is 0. The lowest BCUT2D eigenvalue weighted by Crippen LogP contribution is -1.97. The Hall–Kier alpha value is -1.35. The number of rotatable bonds is 2. The van der Waals surface area contributed by atoms with Crippen LogP contribution in [0.2, 0.25) is 0 Å². The van der Waals surface area contributed by atoms with Crippen molar-refractivity contribution in [3.63, 3.8) is 0 Å². The van der Waals surface area contributed by atoms with Crippen molar-refractivity contribution in [3.8, 4) is 0 Å². The van der Waals surface area contributed by atoms with Crippen LogP contribution in [0.25, 0.3) is 10.8 Å². The van der Waals surface area contributed by atoms with Gasteiger partial charge in [-0.05, 0) is 22.4 Å². The Morgan fingerprint density at radius 2 is 2.07 bits per heavy atom. The summed E-state index contributed by atoms with van der Waals surface area (Å²) in [6.07, 6.45) is 0. The number of carbonyl (C=O) groups is 1. The van der Waals surface area contributed by atoms with Crippen LogP contribution in [0.1, 0.15) is 15.9 Å². The zero-order chi connectivity index (χ0) is 10.8. The van der Waals surface area contributed by atoms with Gasteiger partial charge in [0.15, 0.2) is 0 Å². The van der Waals surface area contributed by atoms with Crippen molar-refractivity contribution < 1.29 is 9.90 Å². The van der Waals surface area contributed by atoms with Crippen LogP contribution in [-0.4, -0.2) is 11.1 Å². The molecule has 2 aromatic carbocycles. The summed E-state index contributed by atoms with van der Waals surface area (Å²) in [7, 11) is 0. The summed E-state index contributed by atoms with van der Waals surface area (Å²) < 4.78 is 0. The molecule has 0 heterocycles. The minimum Gasteiger partial charge on any atom is -0.478 e. The van der Waals surface area contributed by atoms with Gasteiger partial charge >= 0.3 is 5.97 Å². The first kappa shape index (κ1) is 10.2. The molecule has 0 saturated carbocycles. The molecule has 0 amide bonds. The molecule has 0 spiro atoms. The third kappa shape index (κ3) is 1.88. The molecular weight excluding hydrogens is 256 g/mol. The molecule has 0 unspecified atom stereocenters. The quantitative estimate of drug-likeness (QED) is 0.844. The molecule has 1 N–H and O–H groups in total. The second-order valence-corrected chi connectivity index (χ2v) is 3.86. The van der Waals surface area contributed by atoms with Crippen LogP contribution in [-0.2, 0) is 5.33 Å². The van der Waals surface area contributed by atoms with E-state index in [4.69, 9.17) is 5.11 Å². The first-order valence-electron chi connectivity index (χ1n) is 4.53. The molecule has 15 heavy (non-hydrogen) atoms. The van der Waals surface area contributed by atoms with E-state index in [1.807, 2.05) is 24.3 Å². The normalized spacial score (nSPS) is 10.5. The van der Waals surface area contributed by atoms with Crippen molar-refractivity contribution >= 4 is 32.7 Å². The fourth-order valence-corrected chi connectivity index (χ4v) is 1.95. The minimum atomic E-state index is -0.882. The molecule has 76 valence electrons. The van der Waals surface area contributed by atoms with Gasteiger partial charge in [0.05, 0.1) is 5.56 Å². The smallest absolute Gasteiger partial charge is 0.336 e. The van der Waals surface area contributed by atoms with Crippen molar-refractivity contribution in [2.75, 3.05) is 0 Å². The number of benzene rings is 2. The number of carboxylic acids is 1. The average molecular weight is 265 g/mol. The van der Waals surface area contributed by atoms with Crippen molar-refractivity contribution in [1.29, 1.82) is 0 Å². The van der Waals surface area contributed by atoms with E-state index in [1.54, 1.807) is 12.1 Å². The van der Waals surface area contributed by atoms with Gasteiger partial charge in [-0.1, -0.05) is 46.3 Å². The number of carboxylic acid groups (broad SMARTS) is 1. The Kier molecular flexibility index (Phi) is 2.73. The molecule has 0 atom stereocenters. The SMILES string of the molecule is O=C(O)c1cccc2cc(CBr)ccc12. The number of hydrogen-bond acceptors (Lipinski definition) is 1. The van der Waals surface area contributed by atoms with Crippen LogP contribution in [0.4, 0.5) is 0 Å². The number of fused-ring (bicyclic) bond motifs is 1. The average Bonchev–Trinajstić information content (AvgIpc) is 2.27. The van der Waals surface area contributed by atoms with Gasteiger partial charge in [-0.15, -0.1) is 0 Å². The van der Waals surface area contributed by atoms with E-state index in [0.717, 1.165) is 21.7 Å². The Labute approximate surface area is 95.7 Å². The van der Waals surface area contributed by atoms with E-state index in [2.05, 4.69) is 15.9 Å². The lowest BCUT2D eigenvalue weighted by molar-refractivity contribution is 0.0699. The maximum atomic E-state index is 11.0. The van der Waals surface area contributed by atoms with E-state index in [-0.39, 0.29) is 0 Å². The number of alkyl halides is 1. The van der Waals surface area contributed by atoms with Crippen molar-refractivity contribution in [3.05, 3.63) is 47.5 Å². The maximum Gasteiger partial charge on any atom is 0.336 e. The van der Waals surface area contributed by atoms with Crippen LogP contribution < -0.4 is 0 Å². The lowest BCUT2D eigenvalue weighted by atomic mass is 10.0. The van der Waals surface area contributed by atoms with Crippen molar-refractivity contribution in [1.82, 2.24) is 0 Å². The molecule has 3 heteroatoms. The molecule has 0 saturated heterocycles. The molecule has 0 radical (unpaired) electrons. The third-order valence-corrected chi connectivity index (χ3v) is 2.98. The van der Waals surface area contributed by atoms with Crippen LogP contribution in [0.5, 0.6) is 0 Å². The van der Waals surface area contributed by atoms with Crippen molar-refractivity contribution in [2.24, 2.45) is 0 Å². The highest BCUT2D eigenvalue weighted by atomic mass is 79.9. The van der Waals surface area contributed by atoms with E-state index in [9.17, 15) is 4.79 Å². The molecule has 0 aliphatic carbocycles. The standard InChI is InChI=1S/C12H9BrO2/c13-7-8-4-5-10-9(6-8)2-1-3-11(10)12(14)15/h1-6H,7H2,(H,14,15). The zero-order valence-electron chi connectivity index (χ0n) is 7.90. The van der Waals surface area contributed by atoms with Gasteiger partial charge in [0.25, 0.3) is 0 Å². The lowest BCUT2D eigenvalue weighted by Gasteiger charge is -2.03. The summed E-state index contributed by atoms with van der Waals surface area (Å²) in [5.74, 6) is -0.882. The second-order valence-electron chi connectivity index (χ2n) is 3.30. The van der Waals surface area contributed by atoms with E-state index in [0.29, 0.717) is 5.56 Å². The van der Waals surface area contributed by atoms with Gasteiger partial charge in [-0.3, -0.25) is 0 Å². The van der Waals surface area contributed by atoms with Gasteiger partial charge < -0.3 is 5.11 Å². The van der Waals surface area contributed by atoms with Gasteiger partial charge in [0.1, 0.15) is 0 Å². The molecule has 0 aliphatic rings. The van der Waals surface area contributed by atoms with Gasteiger partial charge in [-0.2, -0.15) is 0 Å². The highest BCUT2D eigenvalue weighted by Crippen LogP contribution is 2.21.